The van der Waals surface area contributed by atoms with Crippen LogP contribution in [0.4, 0.5) is 0 Å². The Hall–Kier alpha value is -1.88. The molecule has 2 aromatic heterocycles. The molecule has 5 heteroatoms. The Labute approximate surface area is 113 Å². The van der Waals surface area contributed by atoms with Gasteiger partial charge in [-0.05, 0) is 33.4 Å². The van der Waals surface area contributed by atoms with Gasteiger partial charge in [0.05, 0.1) is 13.2 Å². The summed E-state index contributed by atoms with van der Waals surface area (Å²) in [4.78, 5) is 8.60. The van der Waals surface area contributed by atoms with Crippen LogP contribution in [0.1, 0.15) is 34.4 Å². The van der Waals surface area contributed by atoms with Gasteiger partial charge in [-0.15, -0.1) is 0 Å². The molecule has 1 unspecified atom stereocenters. The van der Waals surface area contributed by atoms with Gasteiger partial charge in [-0.1, -0.05) is 0 Å². The number of nitrogens with zero attached hydrogens (tertiary/aromatic N) is 2. The van der Waals surface area contributed by atoms with Crippen molar-refractivity contribution in [3.63, 3.8) is 0 Å². The average molecular weight is 261 g/mol. The van der Waals surface area contributed by atoms with Crippen molar-refractivity contribution in [1.82, 2.24) is 15.3 Å². The Morgan fingerprint density at radius 2 is 1.84 bits per heavy atom. The fraction of sp³-hybridized carbons (Fsp3) is 0.429. The molecule has 0 saturated heterocycles. The fourth-order valence-corrected chi connectivity index (χ4v) is 2.34. The van der Waals surface area contributed by atoms with E-state index in [2.05, 4.69) is 15.3 Å². The van der Waals surface area contributed by atoms with E-state index in [0.29, 0.717) is 5.88 Å². The summed E-state index contributed by atoms with van der Waals surface area (Å²) >= 11 is 0. The first-order valence-electron chi connectivity index (χ1n) is 6.18. The summed E-state index contributed by atoms with van der Waals surface area (Å²) in [7, 11) is 3.49. The molecular formula is C14H19N3O2. The number of hydrogen-bond acceptors (Lipinski definition) is 5. The first kappa shape index (κ1) is 13.5. The van der Waals surface area contributed by atoms with Crippen molar-refractivity contribution in [2.75, 3.05) is 14.2 Å². The van der Waals surface area contributed by atoms with Crippen LogP contribution in [0.2, 0.25) is 0 Å². The first-order chi connectivity index (χ1) is 9.10. The summed E-state index contributed by atoms with van der Waals surface area (Å²) in [5.41, 5.74) is 2.99. The van der Waals surface area contributed by atoms with E-state index in [9.17, 15) is 0 Å². The van der Waals surface area contributed by atoms with Gasteiger partial charge in [-0.3, -0.25) is 4.98 Å². The largest absolute Gasteiger partial charge is 0.480 e. The third kappa shape index (κ3) is 2.33. The van der Waals surface area contributed by atoms with Gasteiger partial charge in [0.15, 0.2) is 0 Å². The highest BCUT2D eigenvalue weighted by Gasteiger charge is 2.25. The average Bonchev–Trinajstić information content (AvgIpc) is 2.67. The van der Waals surface area contributed by atoms with E-state index in [4.69, 9.17) is 9.15 Å². The Balaban J connectivity index is 2.56. The van der Waals surface area contributed by atoms with Crippen molar-refractivity contribution in [2.45, 2.75) is 26.8 Å². The number of ether oxygens (including phenoxy) is 1. The maximum atomic E-state index is 5.69. The smallest absolute Gasteiger partial charge is 0.237 e. The van der Waals surface area contributed by atoms with E-state index in [1.807, 2.05) is 27.8 Å². The van der Waals surface area contributed by atoms with Gasteiger partial charge in [-0.25, -0.2) is 4.98 Å². The van der Waals surface area contributed by atoms with Crippen LogP contribution in [0.15, 0.2) is 16.8 Å². The van der Waals surface area contributed by atoms with Crippen molar-refractivity contribution in [3.05, 3.63) is 40.7 Å². The molecule has 0 aromatic carbocycles. The molecule has 2 aromatic rings. The Morgan fingerprint density at radius 1 is 1.16 bits per heavy atom. The predicted molar refractivity (Wildman–Crippen MR) is 72.4 cm³/mol. The second-order valence-corrected chi connectivity index (χ2v) is 4.43. The van der Waals surface area contributed by atoms with Gasteiger partial charge in [0.2, 0.25) is 5.88 Å². The molecular weight excluding hydrogens is 242 g/mol. The topological polar surface area (TPSA) is 60.2 Å². The van der Waals surface area contributed by atoms with Crippen molar-refractivity contribution in [2.24, 2.45) is 0 Å². The zero-order chi connectivity index (χ0) is 14.0. The summed E-state index contributed by atoms with van der Waals surface area (Å²) in [6, 6.07) is -0.0962. The quantitative estimate of drug-likeness (QED) is 0.915. The SMILES string of the molecule is CNC(c1nccnc1OC)c1c(C)oc(C)c1C. The number of aryl methyl sites for hydroxylation is 2. The molecule has 0 radical (unpaired) electrons. The standard InChI is InChI=1S/C14H19N3O2/c1-8-9(2)19-10(3)11(8)12(15-4)13-14(18-5)17-7-6-16-13/h6-7,12,15H,1-5H3. The number of nitrogens with one attached hydrogen (secondary N) is 1. The van der Waals surface area contributed by atoms with Crippen LogP contribution in [0.5, 0.6) is 5.88 Å². The zero-order valence-electron chi connectivity index (χ0n) is 11.9. The zero-order valence-corrected chi connectivity index (χ0v) is 11.9. The second kappa shape index (κ2) is 5.40. The number of hydrogen-bond donors (Lipinski definition) is 1. The third-order valence-electron chi connectivity index (χ3n) is 3.35. The molecule has 1 atom stereocenters. The lowest BCUT2D eigenvalue weighted by molar-refractivity contribution is 0.383. The van der Waals surface area contributed by atoms with Gasteiger partial charge in [-0.2, -0.15) is 0 Å². The number of methoxy groups -OCH3 is 1. The van der Waals surface area contributed by atoms with E-state index in [0.717, 1.165) is 28.3 Å². The van der Waals surface area contributed by atoms with Gasteiger partial charge in [0, 0.05) is 18.0 Å². The van der Waals surface area contributed by atoms with Gasteiger partial charge >= 0.3 is 0 Å². The molecule has 2 rings (SSSR count). The molecule has 0 aliphatic carbocycles. The molecule has 0 aliphatic rings. The summed E-state index contributed by atoms with van der Waals surface area (Å²) in [5, 5.41) is 3.26. The Kier molecular flexibility index (Phi) is 3.85. The molecule has 0 amide bonds. The minimum absolute atomic E-state index is 0.0962. The number of furan rings is 1. The Bertz CT molecular complexity index is 578. The molecule has 0 bridgehead atoms. The van der Waals surface area contributed by atoms with Crippen LogP contribution in [-0.2, 0) is 0 Å². The van der Waals surface area contributed by atoms with E-state index in [1.54, 1.807) is 19.5 Å². The first-order valence-corrected chi connectivity index (χ1v) is 6.18. The molecule has 0 fully saturated rings. The molecule has 5 nitrogen and oxygen atoms in total. The lowest BCUT2D eigenvalue weighted by Gasteiger charge is -2.18. The summed E-state index contributed by atoms with van der Waals surface area (Å²) in [6.07, 6.45) is 3.29. The molecule has 1 N–H and O–H groups in total. The van der Waals surface area contributed by atoms with Crippen molar-refractivity contribution in [3.8, 4) is 5.88 Å². The normalized spacial score (nSPS) is 12.5. The van der Waals surface area contributed by atoms with Gasteiger partial charge < -0.3 is 14.5 Å². The Morgan fingerprint density at radius 3 is 2.37 bits per heavy atom. The molecule has 102 valence electrons. The molecule has 19 heavy (non-hydrogen) atoms. The van der Waals surface area contributed by atoms with E-state index < -0.39 is 0 Å². The van der Waals surface area contributed by atoms with E-state index in [-0.39, 0.29) is 6.04 Å². The van der Waals surface area contributed by atoms with Crippen LogP contribution in [-0.4, -0.2) is 24.1 Å². The summed E-state index contributed by atoms with van der Waals surface area (Å²) in [6.45, 7) is 5.98. The van der Waals surface area contributed by atoms with E-state index in [1.165, 1.54) is 0 Å². The molecule has 0 spiro atoms. The van der Waals surface area contributed by atoms with E-state index >= 15 is 0 Å². The second-order valence-electron chi connectivity index (χ2n) is 4.43. The maximum absolute atomic E-state index is 5.69. The highest BCUT2D eigenvalue weighted by atomic mass is 16.5. The monoisotopic (exact) mass is 261 g/mol. The molecule has 2 heterocycles. The van der Waals surface area contributed by atoms with Gasteiger partial charge in [0.25, 0.3) is 0 Å². The number of rotatable bonds is 4. The lowest BCUT2D eigenvalue weighted by Crippen LogP contribution is -2.21. The predicted octanol–water partition coefficient (Wildman–Crippen LogP) is 2.31. The van der Waals surface area contributed by atoms with Crippen LogP contribution in [0.3, 0.4) is 0 Å². The van der Waals surface area contributed by atoms with Crippen LogP contribution in [0.25, 0.3) is 0 Å². The van der Waals surface area contributed by atoms with Gasteiger partial charge in [0.1, 0.15) is 17.2 Å². The van der Waals surface area contributed by atoms with Crippen LogP contribution < -0.4 is 10.1 Å². The molecule has 0 aliphatic heterocycles. The number of aromatic nitrogens is 2. The van der Waals surface area contributed by atoms with Crippen LogP contribution in [0, 0.1) is 20.8 Å². The summed E-state index contributed by atoms with van der Waals surface area (Å²) in [5.74, 6) is 2.34. The fourth-order valence-electron chi connectivity index (χ4n) is 2.34. The van der Waals surface area contributed by atoms with Crippen molar-refractivity contribution in [1.29, 1.82) is 0 Å². The van der Waals surface area contributed by atoms with Crippen molar-refractivity contribution < 1.29 is 9.15 Å². The third-order valence-corrected chi connectivity index (χ3v) is 3.35. The van der Waals surface area contributed by atoms with Crippen molar-refractivity contribution >= 4 is 0 Å². The highest BCUT2D eigenvalue weighted by molar-refractivity contribution is 5.41. The maximum Gasteiger partial charge on any atom is 0.237 e. The minimum Gasteiger partial charge on any atom is -0.480 e. The summed E-state index contributed by atoms with van der Waals surface area (Å²) < 4.78 is 11.0. The highest BCUT2D eigenvalue weighted by Crippen LogP contribution is 2.33. The minimum atomic E-state index is -0.0962. The van der Waals surface area contributed by atoms with Crippen LogP contribution >= 0.6 is 0 Å². The molecule has 0 saturated carbocycles. The lowest BCUT2D eigenvalue weighted by atomic mass is 9.99.